The number of carbonyl (C=O) groups excluding carboxylic acids is 2. The predicted octanol–water partition coefficient (Wildman–Crippen LogP) is 3.56. The summed E-state index contributed by atoms with van der Waals surface area (Å²) < 4.78 is 5.10. The Kier molecular flexibility index (Phi) is 3.90. The summed E-state index contributed by atoms with van der Waals surface area (Å²) in [4.78, 5) is 26.9. The van der Waals surface area contributed by atoms with Gasteiger partial charge in [0.2, 0.25) is 0 Å². The van der Waals surface area contributed by atoms with Gasteiger partial charge in [0, 0.05) is 16.3 Å². The van der Waals surface area contributed by atoms with Gasteiger partial charge < -0.3 is 9.72 Å². The third-order valence-electron chi connectivity index (χ3n) is 3.48. The second-order valence-corrected chi connectivity index (χ2v) is 6.48. The Balaban J connectivity index is 2.17. The van der Waals surface area contributed by atoms with Gasteiger partial charge in [0.1, 0.15) is 5.69 Å². The van der Waals surface area contributed by atoms with Crippen molar-refractivity contribution >= 4 is 22.7 Å². The number of ether oxygens (including phenoxy) is 1. The number of hydrogen-bond donors (Lipinski definition) is 1. The SMILES string of the molecule is Cc1cc(C)c2cc(C(=O)OCC(=O)C(C)(C)C)[nH]c2c1. The van der Waals surface area contributed by atoms with E-state index in [9.17, 15) is 9.59 Å². The molecule has 4 heteroatoms. The molecule has 2 aromatic rings. The molecule has 0 bridgehead atoms. The number of benzene rings is 1. The van der Waals surface area contributed by atoms with Crippen LogP contribution in [-0.2, 0) is 9.53 Å². The van der Waals surface area contributed by atoms with E-state index < -0.39 is 11.4 Å². The Hall–Kier alpha value is -2.10. The second-order valence-electron chi connectivity index (χ2n) is 6.48. The second kappa shape index (κ2) is 5.35. The number of Topliss-reactive ketones (excluding diaryl/α,β-unsaturated/α-hetero) is 1. The van der Waals surface area contributed by atoms with Gasteiger partial charge in [0.15, 0.2) is 12.4 Å². The minimum atomic E-state index is -0.506. The van der Waals surface area contributed by atoms with Gasteiger partial charge in [-0.3, -0.25) is 4.79 Å². The molecular weight excluding hydrogens is 266 g/mol. The van der Waals surface area contributed by atoms with Crippen molar-refractivity contribution in [2.24, 2.45) is 5.41 Å². The molecule has 0 saturated heterocycles. The monoisotopic (exact) mass is 287 g/mol. The van der Waals surface area contributed by atoms with Crippen molar-refractivity contribution in [3.63, 3.8) is 0 Å². The lowest BCUT2D eigenvalue weighted by Crippen LogP contribution is -2.26. The molecule has 0 atom stereocenters. The molecule has 1 aromatic heterocycles. The number of esters is 1. The van der Waals surface area contributed by atoms with Crippen LogP contribution in [0.1, 0.15) is 42.4 Å². The van der Waals surface area contributed by atoms with Crippen LogP contribution in [0, 0.1) is 19.3 Å². The summed E-state index contributed by atoms with van der Waals surface area (Å²) in [6.07, 6.45) is 0. The Bertz CT molecular complexity index is 705. The lowest BCUT2D eigenvalue weighted by atomic mass is 9.91. The first kappa shape index (κ1) is 15.3. The number of H-pyrrole nitrogens is 1. The normalized spacial score (nSPS) is 11.7. The lowest BCUT2D eigenvalue weighted by molar-refractivity contribution is -0.129. The summed E-state index contributed by atoms with van der Waals surface area (Å²) in [7, 11) is 0. The van der Waals surface area contributed by atoms with Crippen molar-refractivity contribution in [1.82, 2.24) is 4.98 Å². The van der Waals surface area contributed by atoms with Crippen LogP contribution in [0.5, 0.6) is 0 Å². The minimum absolute atomic E-state index is 0.0982. The van der Waals surface area contributed by atoms with Gasteiger partial charge in [-0.2, -0.15) is 0 Å². The number of nitrogens with one attached hydrogen (secondary N) is 1. The van der Waals surface area contributed by atoms with E-state index in [0.717, 1.165) is 22.0 Å². The van der Waals surface area contributed by atoms with Gasteiger partial charge in [-0.15, -0.1) is 0 Å². The quantitative estimate of drug-likeness (QED) is 0.878. The Morgan fingerprint density at radius 2 is 1.81 bits per heavy atom. The maximum atomic E-state index is 12.0. The Morgan fingerprint density at radius 1 is 1.14 bits per heavy atom. The number of aryl methyl sites for hydroxylation is 2. The van der Waals surface area contributed by atoms with Crippen LogP contribution in [-0.4, -0.2) is 23.3 Å². The van der Waals surface area contributed by atoms with Crippen LogP contribution in [0.25, 0.3) is 10.9 Å². The number of aromatic nitrogens is 1. The minimum Gasteiger partial charge on any atom is -0.453 e. The molecule has 0 radical (unpaired) electrons. The average molecular weight is 287 g/mol. The van der Waals surface area contributed by atoms with Crippen molar-refractivity contribution in [3.8, 4) is 0 Å². The van der Waals surface area contributed by atoms with E-state index in [1.54, 1.807) is 26.8 Å². The molecule has 21 heavy (non-hydrogen) atoms. The molecule has 0 fully saturated rings. The molecule has 112 valence electrons. The van der Waals surface area contributed by atoms with E-state index in [1.807, 2.05) is 19.9 Å². The highest BCUT2D eigenvalue weighted by Gasteiger charge is 2.23. The molecule has 0 aliphatic heterocycles. The molecular formula is C17H21NO3. The fourth-order valence-corrected chi connectivity index (χ4v) is 2.13. The lowest BCUT2D eigenvalue weighted by Gasteiger charge is -2.15. The van der Waals surface area contributed by atoms with Crippen LogP contribution in [0.3, 0.4) is 0 Å². The number of carbonyl (C=O) groups is 2. The van der Waals surface area contributed by atoms with E-state index in [4.69, 9.17) is 4.74 Å². The summed E-state index contributed by atoms with van der Waals surface area (Å²) in [5, 5.41) is 0.995. The Morgan fingerprint density at radius 3 is 2.43 bits per heavy atom. The Labute approximate surface area is 124 Å². The van der Waals surface area contributed by atoms with Gasteiger partial charge in [-0.1, -0.05) is 26.8 Å². The van der Waals surface area contributed by atoms with E-state index in [0.29, 0.717) is 5.69 Å². The highest BCUT2D eigenvalue weighted by molar-refractivity contribution is 5.97. The summed E-state index contributed by atoms with van der Waals surface area (Å²) in [6, 6.07) is 5.82. The highest BCUT2D eigenvalue weighted by atomic mass is 16.5. The highest BCUT2D eigenvalue weighted by Crippen LogP contribution is 2.22. The molecule has 0 unspecified atom stereocenters. The molecule has 0 aliphatic carbocycles. The van der Waals surface area contributed by atoms with E-state index in [1.165, 1.54) is 0 Å². The molecule has 0 spiro atoms. The van der Waals surface area contributed by atoms with E-state index in [2.05, 4.69) is 11.1 Å². The van der Waals surface area contributed by atoms with Crippen molar-refractivity contribution in [2.75, 3.05) is 6.61 Å². The fraction of sp³-hybridized carbons (Fsp3) is 0.412. The summed E-state index contributed by atoms with van der Waals surface area (Å²) in [6.45, 7) is 9.22. The van der Waals surface area contributed by atoms with Crippen molar-refractivity contribution in [3.05, 3.63) is 35.0 Å². The number of rotatable bonds is 3. The predicted molar refractivity (Wildman–Crippen MR) is 82.5 cm³/mol. The zero-order valence-corrected chi connectivity index (χ0v) is 13.2. The van der Waals surface area contributed by atoms with Gasteiger partial charge >= 0.3 is 5.97 Å². The molecule has 0 saturated carbocycles. The van der Waals surface area contributed by atoms with Crippen LogP contribution >= 0.6 is 0 Å². The molecule has 0 aliphatic rings. The van der Waals surface area contributed by atoms with E-state index >= 15 is 0 Å². The van der Waals surface area contributed by atoms with Crippen LogP contribution < -0.4 is 0 Å². The first-order chi connectivity index (χ1) is 9.68. The van der Waals surface area contributed by atoms with Crippen LogP contribution in [0.15, 0.2) is 18.2 Å². The average Bonchev–Trinajstić information content (AvgIpc) is 2.78. The number of ketones is 1. The maximum absolute atomic E-state index is 12.0. The van der Waals surface area contributed by atoms with Crippen LogP contribution in [0.4, 0.5) is 0 Å². The molecule has 4 nitrogen and oxygen atoms in total. The zero-order chi connectivity index (χ0) is 15.8. The number of fused-ring (bicyclic) bond motifs is 1. The van der Waals surface area contributed by atoms with Crippen molar-refractivity contribution < 1.29 is 14.3 Å². The van der Waals surface area contributed by atoms with Gasteiger partial charge in [0.25, 0.3) is 0 Å². The number of aromatic amines is 1. The molecule has 1 aromatic carbocycles. The molecule has 1 N–H and O–H groups in total. The summed E-state index contributed by atoms with van der Waals surface area (Å²) in [5.41, 5.74) is 3.01. The topological polar surface area (TPSA) is 59.2 Å². The third-order valence-corrected chi connectivity index (χ3v) is 3.48. The van der Waals surface area contributed by atoms with Crippen molar-refractivity contribution in [1.29, 1.82) is 0 Å². The number of hydrogen-bond acceptors (Lipinski definition) is 3. The summed E-state index contributed by atoms with van der Waals surface area (Å²) in [5.74, 6) is -0.597. The zero-order valence-electron chi connectivity index (χ0n) is 13.2. The largest absolute Gasteiger partial charge is 0.453 e. The van der Waals surface area contributed by atoms with Crippen molar-refractivity contribution in [2.45, 2.75) is 34.6 Å². The van der Waals surface area contributed by atoms with E-state index in [-0.39, 0.29) is 12.4 Å². The van der Waals surface area contributed by atoms with Crippen LogP contribution in [0.2, 0.25) is 0 Å². The van der Waals surface area contributed by atoms with Gasteiger partial charge in [0.05, 0.1) is 0 Å². The molecule has 0 amide bonds. The first-order valence-corrected chi connectivity index (χ1v) is 6.99. The van der Waals surface area contributed by atoms with Gasteiger partial charge in [-0.05, 0) is 37.1 Å². The molecule has 1 heterocycles. The fourth-order valence-electron chi connectivity index (χ4n) is 2.13. The molecule has 2 rings (SSSR count). The summed E-state index contributed by atoms with van der Waals surface area (Å²) >= 11 is 0. The standard InChI is InChI=1S/C17H21NO3/c1-10-6-11(2)12-8-14(18-13(12)7-10)16(20)21-9-15(19)17(3,4)5/h6-8,18H,9H2,1-5H3. The first-order valence-electron chi connectivity index (χ1n) is 6.99. The third kappa shape index (κ3) is 3.32. The van der Waals surface area contributed by atoms with Gasteiger partial charge in [-0.25, -0.2) is 4.79 Å². The maximum Gasteiger partial charge on any atom is 0.355 e. The smallest absolute Gasteiger partial charge is 0.355 e.